The predicted octanol–water partition coefficient (Wildman–Crippen LogP) is 2.67. The van der Waals surface area contributed by atoms with Crippen LogP contribution in [0.2, 0.25) is 0 Å². The Morgan fingerprint density at radius 1 is 1.48 bits per heavy atom. The smallest absolute Gasteiger partial charge is 0.412 e. The van der Waals surface area contributed by atoms with E-state index in [1.54, 1.807) is 6.92 Å². The molecule has 2 rings (SSSR count). The van der Waals surface area contributed by atoms with Gasteiger partial charge in [0, 0.05) is 5.92 Å². The van der Waals surface area contributed by atoms with E-state index in [1.807, 2.05) is 20.8 Å². The summed E-state index contributed by atoms with van der Waals surface area (Å²) in [6, 6.07) is 0. The third-order valence-electron chi connectivity index (χ3n) is 4.71. The topological polar surface area (TPSA) is 103 Å². The van der Waals surface area contributed by atoms with Gasteiger partial charge >= 0.3 is 11.8 Å². The van der Waals surface area contributed by atoms with E-state index >= 15 is 0 Å². The molecule has 0 saturated carbocycles. The number of nitrogens with one attached hydrogen (secondary N) is 1. The molecule has 8 nitrogen and oxygen atoms in total. The largest absolute Gasteiger partial charge is 0.449 e. The molecule has 1 aromatic rings. The fourth-order valence-corrected chi connectivity index (χ4v) is 3.21. The number of hydrogen-bond acceptors (Lipinski definition) is 6. The fraction of sp³-hybridized carbons (Fsp3) is 0.722. The van der Waals surface area contributed by atoms with Gasteiger partial charge in [-0.15, -0.1) is 0 Å². The molecule has 0 bridgehead atoms. The Hall–Kier alpha value is -2.00. The van der Waals surface area contributed by atoms with E-state index < -0.39 is 41.9 Å². The molecular formula is C18H28FN3O5. The molecule has 2 heterocycles. The fourth-order valence-electron chi connectivity index (χ4n) is 3.21. The molecule has 1 aromatic heterocycles. The number of ether oxygens (including phenoxy) is 2. The SMILES string of the molecule is CCCCCOC(=O)Nc1nc(=O)n([C@@H]2O[C@H](C)[C@@H](O)[C@H]2C(C)C)cc1F. The maximum absolute atomic E-state index is 14.4. The summed E-state index contributed by atoms with van der Waals surface area (Å²) in [5.41, 5.74) is -0.783. The van der Waals surface area contributed by atoms with Gasteiger partial charge in [0.25, 0.3) is 0 Å². The van der Waals surface area contributed by atoms with Crippen molar-refractivity contribution in [2.45, 2.75) is 65.4 Å². The van der Waals surface area contributed by atoms with Gasteiger partial charge in [0.1, 0.15) is 6.23 Å². The van der Waals surface area contributed by atoms with Crippen LogP contribution in [0.4, 0.5) is 15.0 Å². The van der Waals surface area contributed by atoms with Crippen LogP contribution >= 0.6 is 0 Å². The number of rotatable bonds is 7. The van der Waals surface area contributed by atoms with Gasteiger partial charge < -0.3 is 14.6 Å². The highest BCUT2D eigenvalue weighted by Crippen LogP contribution is 2.38. The number of carbonyl (C=O) groups excluding carboxylic acids is 1. The molecule has 9 heteroatoms. The minimum Gasteiger partial charge on any atom is -0.449 e. The average Bonchev–Trinajstić information content (AvgIpc) is 2.89. The first-order valence-electron chi connectivity index (χ1n) is 9.32. The lowest BCUT2D eigenvalue weighted by atomic mass is 9.89. The van der Waals surface area contributed by atoms with Gasteiger partial charge in [-0.05, 0) is 19.3 Å². The quantitative estimate of drug-likeness (QED) is 0.700. The molecule has 1 amide bonds. The number of aromatic nitrogens is 2. The van der Waals surface area contributed by atoms with Crippen LogP contribution in [-0.4, -0.2) is 39.6 Å². The van der Waals surface area contributed by atoms with Crippen LogP contribution in [0.15, 0.2) is 11.0 Å². The number of unbranched alkanes of at least 4 members (excludes halogenated alkanes) is 2. The van der Waals surface area contributed by atoms with Gasteiger partial charge in [0.2, 0.25) is 0 Å². The van der Waals surface area contributed by atoms with Crippen LogP contribution < -0.4 is 11.0 Å². The van der Waals surface area contributed by atoms with Crippen molar-refractivity contribution >= 4 is 11.9 Å². The first kappa shape index (κ1) is 21.3. The number of amides is 1. The van der Waals surface area contributed by atoms with Crippen LogP contribution in [0.5, 0.6) is 0 Å². The standard InChI is InChI=1S/C18H28FN3O5/c1-5-6-7-8-26-18(25)21-15-12(19)9-22(17(24)20-15)16-13(10(2)3)14(23)11(4)27-16/h9-11,13-14,16,23H,5-8H2,1-4H3,(H,20,21,24,25)/t11-,13-,14-,16-/m1/s1. The number of hydrogen-bond donors (Lipinski definition) is 2. The highest BCUT2D eigenvalue weighted by Gasteiger charge is 2.44. The van der Waals surface area contributed by atoms with Crippen molar-refractivity contribution in [3.63, 3.8) is 0 Å². The zero-order chi connectivity index (χ0) is 20.1. The van der Waals surface area contributed by atoms with E-state index in [9.17, 15) is 19.1 Å². The first-order valence-corrected chi connectivity index (χ1v) is 9.32. The molecule has 0 spiro atoms. The zero-order valence-electron chi connectivity index (χ0n) is 16.1. The molecule has 1 saturated heterocycles. The monoisotopic (exact) mass is 385 g/mol. The predicted molar refractivity (Wildman–Crippen MR) is 96.9 cm³/mol. The average molecular weight is 385 g/mol. The second-order valence-electron chi connectivity index (χ2n) is 7.14. The van der Waals surface area contributed by atoms with Gasteiger partial charge in [-0.1, -0.05) is 33.6 Å². The van der Waals surface area contributed by atoms with E-state index in [0.717, 1.165) is 23.6 Å². The third-order valence-corrected chi connectivity index (χ3v) is 4.71. The molecule has 0 aliphatic carbocycles. The van der Waals surface area contributed by atoms with E-state index in [2.05, 4.69) is 10.3 Å². The first-order chi connectivity index (χ1) is 12.8. The van der Waals surface area contributed by atoms with Crippen molar-refractivity contribution in [3.8, 4) is 0 Å². The third kappa shape index (κ3) is 5.04. The van der Waals surface area contributed by atoms with Crippen LogP contribution in [0.3, 0.4) is 0 Å². The van der Waals surface area contributed by atoms with Crippen LogP contribution in [0, 0.1) is 17.7 Å². The van der Waals surface area contributed by atoms with Crippen molar-refractivity contribution in [3.05, 3.63) is 22.5 Å². The van der Waals surface area contributed by atoms with E-state index in [-0.39, 0.29) is 18.4 Å². The van der Waals surface area contributed by atoms with Gasteiger partial charge in [0.15, 0.2) is 11.6 Å². The summed E-state index contributed by atoms with van der Waals surface area (Å²) in [7, 11) is 0. The Morgan fingerprint density at radius 2 is 2.19 bits per heavy atom. The lowest BCUT2D eigenvalue weighted by Crippen LogP contribution is -2.35. The number of aliphatic hydroxyl groups excluding tert-OH is 1. The van der Waals surface area contributed by atoms with E-state index in [1.165, 1.54) is 0 Å². The van der Waals surface area contributed by atoms with Crippen LogP contribution in [0.1, 0.15) is 53.2 Å². The summed E-state index contributed by atoms with van der Waals surface area (Å²) >= 11 is 0. The van der Waals surface area contributed by atoms with E-state index in [4.69, 9.17) is 9.47 Å². The highest BCUT2D eigenvalue weighted by molar-refractivity contribution is 5.83. The number of anilines is 1. The Labute approximate surface area is 157 Å². The summed E-state index contributed by atoms with van der Waals surface area (Å²) in [5, 5.41) is 12.4. The molecule has 1 aliphatic rings. The molecule has 1 aliphatic heterocycles. The number of aliphatic hydroxyl groups is 1. The van der Waals surface area contributed by atoms with Crippen LogP contribution in [-0.2, 0) is 9.47 Å². The lowest BCUT2D eigenvalue weighted by molar-refractivity contribution is -0.0192. The summed E-state index contributed by atoms with van der Waals surface area (Å²) in [4.78, 5) is 27.7. The zero-order valence-corrected chi connectivity index (χ0v) is 16.1. The van der Waals surface area contributed by atoms with Gasteiger partial charge in [-0.3, -0.25) is 9.88 Å². The summed E-state index contributed by atoms with van der Waals surface area (Å²) in [6.45, 7) is 7.70. The molecule has 0 radical (unpaired) electrons. The molecule has 2 N–H and O–H groups in total. The Bertz CT molecular complexity index is 709. The van der Waals surface area contributed by atoms with Crippen LogP contribution in [0.25, 0.3) is 0 Å². The van der Waals surface area contributed by atoms with Crippen molar-refractivity contribution in [1.82, 2.24) is 9.55 Å². The number of halogens is 1. The second kappa shape index (κ2) is 9.27. The van der Waals surface area contributed by atoms with Gasteiger partial charge in [-0.25, -0.2) is 14.0 Å². The lowest BCUT2D eigenvalue weighted by Gasteiger charge is -2.25. The number of carbonyl (C=O) groups is 1. The van der Waals surface area contributed by atoms with Gasteiger partial charge in [0.05, 0.1) is 25.0 Å². The number of nitrogens with zero attached hydrogens (tertiary/aromatic N) is 2. The van der Waals surface area contributed by atoms with Gasteiger partial charge in [-0.2, -0.15) is 4.98 Å². The molecule has 0 aromatic carbocycles. The Balaban J connectivity index is 2.15. The summed E-state index contributed by atoms with van der Waals surface area (Å²) < 4.78 is 26.0. The molecule has 0 unspecified atom stereocenters. The molecule has 1 fully saturated rings. The summed E-state index contributed by atoms with van der Waals surface area (Å²) in [6.07, 6.45) is 0.570. The maximum atomic E-state index is 14.4. The minimum absolute atomic E-state index is 0.000751. The van der Waals surface area contributed by atoms with E-state index in [0.29, 0.717) is 6.42 Å². The molecule has 4 atom stereocenters. The van der Waals surface area contributed by atoms with Crippen molar-refractivity contribution in [2.75, 3.05) is 11.9 Å². The Kier molecular flexibility index (Phi) is 7.32. The minimum atomic E-state index is -0.889. The highest BCUT2D eigenvalue weighted by atomic mass is 19.1. The molecule has 152 valence electrons. The van der Waals surface area contributed by atoms with Crippen molar-refractivity contribution in [2.24, 2.45) is 11.8 Å². The van der Waals surface area contributed by atoms with Crippen molar-refractivity contribution in [1.29, 1.82) is 0 Å². The Morgan fingerprint density at radius 3 is 2.81 bits per heavy atom. The molecular weight excluding hydrogens is 357 g/mol. The maximum Gasteiger partial charge on any atom is 0.412 e. The normalized spacial score (nSPS) is 25.0. The second-order valence-corrected chi connectivity index (χ2v) is 7.14. The molecule has 27 heavy (non-hydrogen) atoms. The summed E-state index contributed by atoms with van der Waals surface area (Å²) in [5.74, 6) is -1.77. The van der Waals surface area contributed by atoms with Crippen molar-refractivity contribution < 1.29 is 23.8 Å².